The summed E-state index contributed by atoms with van der Waals surface area (Å²) in [5.74, 6) is -0.176. The van der Waals surface area contributed by atoms with Crippen molar-refractivity contribution < 1.29 is 4.79 Å². The number of aromatic nitrogens is 2. The van der Waals surface area contributed by atoms with E-state index in [0.29, 0.717) is 10.6 Å². The highest BCUT2D eigenvalue weighted by molar-refractivity contribution is 6.30. The number of aryl methyl sites for hydroxylation is 1. The zero-order chi connectivity index (χ0) is 18.1. The Balaban J connectivity index is 1.61. The molecule has 0 radical (unpaired) electrons. The molecule has 2 aromatic heterocycles. The molecule has 0 aliphatic carbocycles. The minimum atomic E-state index is -0.176. The average molecular weight is 362 g/mol. The van der Waals surface area contributed by atoms with Gasteiger partial charge in [0.2, 0.25) is 0 Å². The maximum Gasteiger partial charge on any atom is 0.255 e. The van der Waals surface area contributed by atoms with Gasteiger partial charge in [-0.2, -0.15) is 0 Å². The van der Waals surface area contributed by atoms with Crippen LogP contribution in [0.3, 0.4) is 0 Å². The Morgan fingerprint density at radius 3 is 2.65 bits per heavy atom. The van der Waals surface area contributed by atoms with Crippen molar-refractivity contribution in [1.82, 2.24) is 9.38 Å². The molecule has 4 rings (SSSR count). The van der Waals surface area contributed by atoms with E-state index < -0.39 is 0 Å². The summed E-state index contributed by atoms with van der Waals surface area (Å²) in [6.07, 6.45) is 4.03. The number of rotatable bonds is 3. The van der Waals surface area contributed by atoms with Crippen LogP contribution in [0.4, 0.5) is 5.69 Å². The lowest BCUT2D eigenvalue weighted by Crippen LogP contribution is -2.11. The summed E-state index contributed by atoms with van der Waals surface area (Å²) in [7, 11) is 0. The second-order valence-corrected chi connectivity index (χ2v) is 6.58. The second-order valence-electron chi connectivity index (χ2n) is 6.14. The Bertz CT molecular complexity index is 1100. The van der Waals surface area contributed by atoms with Crippen molar-refractivity contribution in [1.29, 1.82) is 0 Å². The molecule has 2 heterocycles. The van der Waals surface area contributed by atoms with E-state index in [1.54, 1.807) is 24.3 Å². The van der Waals surface area contributed by atoms with Crippen molar-refractivity contribution in [2.75, 3.05) is 5.32 Å². The molecule has 128 valence electrons. The van der Waals surface area contributed by atoms with Crippen LogP contribution in [0.25, 0.3) is 16.9 Å². The molecule has 1 N–H and O–H groups in total. The maximum atomic E-state index is 12.4. The van der Waals surface area contributed by atoms with Crippen LogP contribution in [0.2, 0.25) is 5.02 Å². The molecule has 0 saturated carbocycles. The minimum absolute atomic E-state index is 0.176. The van der Waals surface area contributed by atoms with Crippen LogP contribution in [0.15, 0.2) is 73.1 Å². The van der Waals surface area contributed by atoms with Crippen molar-refractivity contribution in [2.45, 2.75) is 6.92 Å². The van der Waals surface area contributed by atoms with Gasteiger partial charge in [0.05, 0.1) is 5.69 Å². The molecule has 0 bridgehead atoms. The molecule has 0 fully saturated rings. The van der Waals surface area contributed by atoms with Gasteiger partial charge in [-0.15, -0.1) is 0 Å². The molecule has 1 amide bonds. The van der Waals surface area contributed by atoms with Crippen molar-refractivity contribution in [3.8, 4) is 11.3 Å². The molecule has 0 atom stereocenters. The van der Waals surface area contributed by atoms with Crippen LogP contribution in [0, 0.1) is 6.92 Å². The highest BCUT2D eigenvalue weighted by Gasteiger charge is 2.09. The van der Waals surface area contributed by atoms with E-state index in [4.69, 9.17) is 11.6 Å². The molecular weight excluding hydrogens is 346 g/mol. The number of nitrogens with one attached hydrogen (secondary N) is 1. The summed E-state index contributed by atoms with van der Waals surface area (Å²) >= 11 is 5.87. The fourth-order valence-electron chi connectivity index (χ4n) is 2.80. The number of anilines is 1. The highest BCUT2D eigenvalue weighted by atomic mass is 35.5. The highest BCUT2D eigenvalue weighted by Crippen LogP contribution is 2.23. The van der Waals surface area contributed by atoms with E-state index in [1.165, 1.54) is 5.56 Å². The normalized spacial score (nSPS) is 10.8. The molecule has 4 nitrogen and oxygen atoms in total. The van der Waals surface area contributed by atoms with Gasteiger partial charge < -0.3 is 9.72 Å². The lowest BCUT2D eigenvalue weighted by atomic mass is 10.1. The number of hydrogen-bond donors (Lipinski definition) is 1. The number of carbonyl (C=O) groups excluding carboxylic acids is 1. The van der Waals surface area contributed by atoms with E-state index in [9.17, 15) is 4.79 Å². The lowest BCUT2D eigenvalue weighted by Gasteiger charge is -2.07. The Labute approximate surface area is 156 Å². The molecule has 2 aromatic carbocycles. The molecule has 4 aromatic rings. The van der Waals surface area contributed by atoms with Gasteiger partial charge in [0, 0.05) is 34.2 Å². The third kappa shape index (κ3) is 3.32. The van der Waals surface area contributed by atoms with Crippen LogP contribution in [0.5, 0.6) is 0 Å². The Morgan fingerprint density at radius 1 is 1.04 bits per heavy atom. The number of amides is 1. The quantitative estimate of drug-likeness (QED) is 0.544. The number of hydrogen-bond acceptors (Lipinski definition) is 2. The summed E-state index contributed by atoms with van der Waals surface area (Å²) in [5, 5.41) is 3.52. The summed E-state index contributed by atoms with van der Waals surface area (Å²) in [6, 6.07) is 18.5. The SMILES string of the molecule is Cc1ccc2nc(-c3cccc(NC(=O)c4ccc(Cl)cc4)c3)cn2c1. The third-order valence-corrected chi connectivity index (χ3v) is 4.37. The standard InChI is InChI=1S/C21H16ClN3O/c1-14-5-10-20-24-19(13-25(20)12-14)16-3-2-4-18(11-16)23-21(26)15-6-8-17(22)9-7-15/h2-13H,1H3,(H,23,26). The fraction of sp³-hybridized carbons (Fsp3) is 0.0476. The average Bonchev–Trinajstić information content (AvgIpc) is 3.05. The molecule has 0 unspecified atom stereocenters. The van der Waals surface area contributed by atoms with Crippen LogP contribution in [-0.4, -0.2) is 15.3 Å². The van der Waals surface area contributed by atoms with Crippen LogP contribution < -0.4 is 5.32 Å². The third-order valence-electron chi connectivity index (χ3n) is 4.12. The van der Waals surface area contributed by atoms with Gasteiger partial charge in [-0.25, -0.2) is 4.98 Å². The predicted molar refractivity (Wildman–Crippen MR) is 105 cm³/mol. The van der Waals surface area contributed by atoms with E-state index in [1.807, 2.05) is 60.1 Å². The first-order valence-electron chi connectivity index (χ1n) is 8.21. The molecular formula is C21H16ClN3O. The van der Waals surface area contributed by atoms with Gasteiger partial charge in [-0.1, -0.05) is 29.8 Å². The summed E-state index contributed by atoms with van der Waals surface area (Å²) < 4.78 is 2.00. The van der Waals surface area contributed by atoms with E-state index in [2.05, 4.69) is 10.3 Å². The van der Waals surface area contributed by atoms with Gasteiger partial charge in [-0.05, 0) is 55.0 Å². The van der Waals surface area contributed by atoms with Crippen molar-refractivity contribution in [2.24, 2.45) is 0 Å². The van der Waals surface area contributed by atoms with Gasteiger partial charge in [0.15, 0.2) is 0 Å². The Hall–Kier alpha value is -3.11. The fourth-order valence-corrected chi connectivity index (χ4v) is 2.93. The van der Waals surface area contributed by atoms with E-state index in [0.717, 1.165) is 22.6 Å². The van der Waals surface area contributed by atoms with Gasteiger partial charge in [0.25, 0.3) is 5.91 Å². The lowest BCUT2D eigenvalue weighted by molar-refractivity contribution is 0.102. The number of carbonyl (C=O) groups is 1. The first kappa shape index (κ1) is 16.4. The molecule has 0 saturated heterocycles. The minimum Gasteiger partial charge on any atom is -0.322 e. The molecule has 0 spiro atoms. The van der Waals surface area contributed by atoms with E-state index in [-0.39, 0.29) is 5.91 Å². The number of imidazole rings is 1. The van der Waals surface area contributed by atoms with Crippen LogP contribution in [-0.2, 0) is 0 Å². The van der Waals surface area contributed by atoms with Crippen LogP contribution in [0.1, 0.15) is 15.9 Å². The Kier molecular flexibility index (Phi) is 4.19. The molecule has 26 heavy (non-hydrogen) atoms. The first-order chi connectivity index (χ1) is 12.6. The number of fused-ring (bicyclic) bond motifs is 1. The van der Waals surface area contributed by atoms with Crippen molar-refractivity contribution in [3.63, 3.8) is 0 Å². The molecule has 0 aliphatic heterocycles. The van der Waals surface area contributed by atoms with Gasteiger partial charge >= 0.3 is 0 Å². The molecule has 0 aliphatic rings. The van der Waals surface area contributed by atoms with Crippen molar-refractivity contribution in [3.05, 3.63) is 89.2 Å². The zero-order valence-corrected chi connectivity index (χ0v) is 14.9. The topological polar surface area (TPSA) is 46.4 Å². The van der Waals surface area contributed by atoms with Gasteiger partial charge in [0.1, 0.15) is 5.65 Å². The smallest absolute Gasteiger partial charge is 0.255 e. The monoisotopic (exact) mass is 361 g/mol. The number of halogens is 1. The second kappa shape index (κ2) is 6.65. The number of nitrogens with zero attached hydrogens (tertiary/aromatic N) is 2. The number of benzene rings is 2. The van der Waals surface area contributed by atoms with Gasteiger partial charge in [-0.3, -0.25) is 4.79 Å². The summed E-state index contributed by atoms with van der Waals surface area (Å²) in [4.78, 5) is 17.0. The predicted octanol–water partition coefficient (Wildman–Crippen LogP) is 5.22. The first-order valence-corrected chi connectivity index (χ1v) is 8.59. The zero-order valence-electron chi connectivity index (χ0n) is 14.1. The summed E-state index contributed by atoms with van der Waals surface area (Å²) in [6.45, 7) is 2.05. The largest absolute Gasteiger partial charge is 0.322 e. The van der Waals surface area contributed by atoms with Crippen molar-refractivity contribution >= 4 is 28.8 Å². The Morgan fingerprint density at radius 2 is 1.85 bits per heavy atom. The molecule has 5 heteroatoms. The number of pyridine rings is 1. The van der Waals surface area contributed by atoms with Crippen LogP contribution >= 0.6 is 11.6 Å². The van der Waals surface area contributed by atoms with E-state index >= 15 is 0 Å². The maximum absolute atomic E-state index is 12.4. The summed E-state index contributed by atoms with van der Waals surface area (Å²) in [5.41, 5.74) is 5.14.